The van der Waals surface area contributed by atoms with Crippen LogP contribution < -0.4 is 4.90 Å². The third kappa shape index (κ3) is 2.00. The van der Waals surface area contributed by atoms with Gasteiger partial charge in [-0.25, -0.2) is 8.78 Å². The van der Waals surface area contributed by atoms with E-state index in [1.807, 2.05) is 13.8 Å². The van der Waals surface area contributed by atoms with Gasteiger partial charge in [0, 0.05) is 12.6 Å². The minimum atomic E-state index is -0.976. The molecule has 0 aliphatic carbocycles. The first-order chi connectivity index (χ1) is 8.41. The van der Waals surface area contributed by atoms with Crippen molar-refractivity contribution in [1.82, 2.24) is 0 Å². The van der Waals surface area contributed by atoms with E-state index in [0.717, 1.165) is 11.0 Å². The van der Waals surface area contributed by atoms with Crippen molar-refractivity contribution in [2.45, 2.75) is 20.3 Å². The van der Waals surface area contributed by atoms with E-state index in [2.05, 4.69) is 0 Å². The molecule has 96 valence electrons. The Morgan fingerprint density at radius 3 is 2.50 bits per heavy atom. The minimum Gasteiger partial charge on any atom is -0.305 e. The number of benzene rings is 1. The monoisotopic (exact) mass is 253 g/mol. The number of Topliss-reactive ketones (excluding diaryl/α,β-unsaturated/α-hetero) is 1. The van der Waals surface area contributed by atoms with Crippen molar-refractivity contribution in [3.8, 4) is 0 Å². The number of ketones is 1. The van der Waals surface area contributed by atoms with Crippen molar-refractivity contribution in [3.05, 3.63) is 29.3 Å². The fourth-order valence-electron chi connectivity index (χ4n) is 1.95. The van der Waals surface area contributed by atoms with Crippen LogP contribution in [0.1, 0.15) is 30.6 Å². The van der Waals surface area contributed by atoms with Crippen molar-refractivity contribution in [2.24, 2.45) is 5.92 Å². The summed E-state index contributed by atoms with van der Waals surface area (Å²) in [7, 11) is 0. The molecule has 0 N–H and O–H groups in total. The summed E-state index contributed by atoms with van der Waals surface area (Å²) in [5.74, 6) is -3.12. The summed E-state index contributed by atoms with van der Waals surface area (Å²) in [6, 6.07) is 1.65. The van der Waals surface area contributed by atoms with Crippen LogP contribution in [0.4, 0.5) is 14.5 Å². The van der Waals surface area contributed by atoms with Crippen LogP contribution in [0.2, 0.25) is 0 Å². The van der Waals surface area contributed by atoms with Crippen LogP contribution in [0.5, 0.6) is 0 Å². The normalized spacial score (nSPS) is 14.6. The first-order valence-electron chi connectivity index (χ1n) is 5.77. The molecule has 1 aromatic rings. The summed E-state index contributed by atoms with van der Waals surface area (Å²) in [5, 5.41) is 0. The van der Waals surface area contributed by atoms with Gasteiger partial charge in [0.1, 0.15) is 11.6 Å². The number of amides is 1. The zero-order valence-electron chi connectivity index (χ0n) is 10.2. The first kappa shape index (κ1) is 12.7. The molecule has 3 nitrogen and oxygen atoms in total. The van der Waals surface area contributed by atoms with E-state index in [-0.39, 0.29) is 17.8 Å². The Labute approximate surface area is 103 Å². The van der Waals surface area contributed by atoms with Gasteiger partial charge in [-0.05, 0) is 18.4 Å². The van der Waals surface area contributed by atoms with Gasteiger partial charge in [-0.15, -0.1) is 0 Å². The van der Waals surface area contributed by atoms with Crippen LogP contribution in [0.3, 0.4) is 0 Å². The first-order valence-corrected chi connectivity index (χ1v) is 5.77. The summed E-state index contributed by atoms with van der Waals surface area (Å²) in [6.07, 6.45) is 0.663. The molecular formula is C13H13F2NO2. The lowest BCUT2D eigenvalue weighted by Crippen LogP contribution is -2.31. The van der Waals surface area contributed by atoms with Crippen molar-refractivity contribution >= 4 is 17.4 Å². The maximum atomic E-state index is 13.5. The number of hydrogen-bond donors (Lipinski definition) is 0. The molecule has 1 aliphatic heterocycles. The van der Waals surface area contributed by atoms with Crippen molar-refractivity contribution in [1.29, 1.82) is 0 Å². The van der Waals surface area contributed by atoms with Crippen LogP contribution in [0.25, 0.3) is 0 Å². The van der Waals surface area contributed by atoms with Gasteiger partial charge >= 0.3 is 0 Å². The Balaban J connectivity index is 2.41. The van der Waals surface area contributed by atoms with E-state index in [1.54, 1.807) is 0 Å². The average Bonchev–Trinajstić information content (AvgIpc) is 2.49. The summed E-state index contributed by atoms with van der Waals surface area (Å²) in [6.45, 7) is 4.23. The number of fused-ring (bicyclic) bond motifs is 1. The molecule has 0 saturated carbocycles. The molecular weight excluding hydrogens is 240 g/mol. The number of carbonyl (C=O) groups excluding carboxylic acids is 2. The SMILES string of the molecule is CC(C)CCN1C(=O)C(=O)c2c(F)cc(F)cc21. The highest BCUT2D eigenvalue weighted by molar-refractivity contribution is 6.52. The Morgan fingerprint density at radius 2 is 1.89 bits per heavy atom. The molecule has 2 rings (SSSR count). The predicted octanol–water partition coefficient (Wildman–Crippen LogP) is 2.54. The van der Waals surface area contributed by atoms with E-state index in [1.165, 1.54) is 0 Å². The molecule has 1 amide bonds. The minimum absolute atomic E-state index is 0.0446. The molecule has 0 spiro atoms. The highest BCUT2D eigenvalue weighted by Crippen LogP contribution is 2.32. The van der Waals surface area contributed by atoms with Crippen LogP contribution in [0, 0.1) is 17.6 Å². The molecule has 0 atom stereocenters. The number of halogens is 2. The van der Waals surface area contributed by atoms with Gasteiger partial charge in [-0.2, -0.15) is 0 Å². The quantitative estimate of drug-likeness (QED) is 0.776. The summed E-state index contributed by atoms with van der Waals surface area (Å²) in [5.41, 5.74) is -0.270. The average molecular weight is 253 g/mol. The molecule has 0 bridgehead atoms. The summed E-state index contributed by atoms with van der Waals surface area (Å²) < 4.78 is 26.7. The van der Waals surface area contributed by atoms with Crippen LogP contribution in [-0.4, -0.2) is 18.2 Å². The molecule has 0 radical (unpaired) electrons. The largest absolute Gasteiger partial charge is 0.305 e. The van der Waals surface area contributed by atoms with Gasteiger partial charge in [0.25, 0.3) is 11.7 Å². The van der Waals surface area contributed by atoms with E-state index >= 15 is 0 Å². The van der Waals surface area contributed by atoms with Crippen LogP contribution >= 0.6 is 0 Å². The smallest absolute Gasteiger partial charge is 0.299 e. The second-order valence-electron chi connectivity index (χ2n) is 4.75. The van der Waals surface area contributed by atoms with Crippen LogP contribution in [0.15, 0.2) is 12.1 Å². The van der Waals surface area contributed by atoms with Gasteiger partial charge < -0.3 is 4.90 Å². The third-order valence-corrected chi connectivity index (χ3v) is 2.92. The third-order valence-electron chi connectivity index (χ3n) is 2.92. The second kappa shape index (κ2) is 4.48. The Hall–Kier alpha value is -1.78. The highest BCUT2D eigenvalue weighted by Gasteiger charge is 2.38. The van der Waals surface area contributed by atoms with Crippen molar-refractivity contribution in [2.75, 3.05) is 11.4 Å². The Bertz CT molecular complexity index is 526. The van der Waals surface area contributed by atoms with E-state index < -0.39 is 23.3 Å². The van der Waals surface area contributed by atoms with Crippen LogP contribution in [-0.2, 0) is 4.79 Å². The molecule has 1 aromatic carbocycles. The molecule has 1 aliphatic rings. The topological polar surface area (TPSA) is 37.4 Å². The second-order valence-corrected chi connectivity index (χ2v) is 4.75. The van der Waals surface area contributed by atoms with Gasteiger partial charge in [-0.1, -0.05) is 13.8 Å². The molecule has 1 heterocycles. The number of carbonyl (C=O) groups is 2. The molecule has 0 fully saturated rings. The van der Waals surface area contributed by atoms with Crippen molar-refractivity contribution < 1.29 is 18.4 Å². The maximum Gasteiger partial charge on any atom is 0.299 e. The highest BCUT2D eigenvalue weighted by atomic mass is 19.1. The molecule has 18 heavy (non-hydrogen) atoms. The van der Waals surface area contributed by atoms with Crippen molar-refractivity contribution in [3.63, 3.8) is 0 Å². The van der Waals surface area contributed by atoms with E-state index in [9.17, 15) is 18.4 Å². The summed E-state index contributed by atoms with van der Waals surface area (Å²) in [4.78, 5) is 24.5. The summed E-state index contributed by atoms with van der Waals surface area (Å²) >= 11 is 0. The lowest BCUT2D eigenvalue weighted by molar-refractivity contribution is -0.114. The lowest BCUT2D eigenvalue weighted by Gasteiger charge is -2.17. The number of rotatable bonds is 3. The fraction of sp³-hybridized carbons (Fsp3) is 0.385. The Morgan fingerprint density at radius 1 is 1.22 bits per heavy atom. The number of anilines is 1. The van der Waals surface area contributed by atoms with Gasteiger partial charge in [0.2, 0.25) is 0 Å². The predicted molar refractivity (Wildman–Crippen MR) is 62.5 cm³/mol. The molecule has 0 unspecified atom stereocenters. The van der Waals surface area contributed by atoms with Gasteiger partial charge in [-0.3, -0.25) is 9.59 Å². The van der Waals surface area contributed by atoms with Gasteiger partial charge in [0.05, 0.1) is 11.3 Å². The number of hydrogen-bond acceptors (Lipinski definition) is 2. The lowest BCUT2D eigenvalue weighted by atomic mass is 10.1. The fourth-order valence-corrected chi connectivity index (χ4v) is 1.95. The number of nitrogens with zero attached hydrogens (tertiary/aromatic N) is 1. The van der Waals surface area contributed by atoms with E-state index in [4.69, 9.17) is 0 Å². The standard InChI is InChI=1S/C13H13F2NO2/c1-7(2)3-4-16-10-6-8(14)5-9(15)11(10)12(17)13(16)18/h5-7H,3-4H2,1-2H3. The molecule has 0 saturated heterocycles. The molecule has 0 aromatic heterocycles. The maximum absolute atomic E-state index is 13.5. The zero-order valence-corrected chi connectivity index (χ0v) is 10.2. The van der Waals surface area contributed by atoms with E-state index in [0.29, 0.717) is 18.4 Å². The zero-order chi connectivity index (χ0) is 13.4. The molecule has 5 heteroatoms. The van der Waals surface area contributed by atoms with Gasteiger partial charge in [0.15, 0.2) is 0 Å². The Kier molecular flexibility index (Phi) is 3.15.